The Balaban J connectivity index is 1.72. The normalized spacial score (nSPS) is 10.0. The van der Waals surface area contributed by atoms with Crippen molar-refractivity contribution < 1.29 is 9.53 Å². The summed E-state index contributed by atoms with van der Waals surface area (Å²) in [6.45, 7) is 4.74. The molecule has 0 aliphatic rings. The average Bonchev–Trinajstić information content (AvgIpc) is 2.66. The number of nitrogens with two attached hydrogens (primary N) is 1. The standard InChI is InChI=1S/C24H21NO2/c1-17-5-3-6-18(2)24(17)21-8-4-7-20(15-21)16-27-22-12-9-19(10-13-22)11-14-23(25)26/h3-10,12-13,15H,16H2,1-2H3,(H2,25,26). The van der Waals surface area contributed by atoms with E-state index in [1.165, 1.54) is 22.3 Å². The number of benzene rings is 3. The van der Waals surface area contributed by atoms with E-state index in [9.17, 15) is 4.79 Å². The van der Waals surface area contributed by atoms with Gasteiger partial charge in [-0.2, -0.15) is 0 Å². The summed E-state index contributed by atoms with van der Waals surface area (Å²) in [6.07, 6.45) is 0. The summed E-state index contributed by atoms with van der Waals surface area (Å²) < 4.78 is 5.88. The maximum Gasteiger partial charge on any atom is 0.293 e. The van der Waals surface area contributed by atoms with E-state index >= 15 is 0 Å². The second kappa shape index (κ2) is 8.25. The molecule has 0 radical (unpaired) electrons. The highest BCUT2D eigenvalue weighted by Gasteiger charge is 2.06. The zero-order chi connectivity index (χ0) is 19.2. The molecule has 1 amide bonds. The van der Waals surface area contributed by atoms with Gasteiger partial charge in [-0.15, -0.1) is 0 Å². The van der Waals surface area contributed by atoms with Crippen LogP contribution in [-0.4, -0.2) is 5.91 Å². The number of aryl methyl sites for hydroxylation is 2. The predicted molar refractivity (Wildman–Crippen MR) is 108 cm³/mol. The fourth-order valence-corrected chi connectivity index (χ4v) is 3.02. The molecule has 0 atom stereocenters. The molecule has 134 valence electrons. The molecule has 0 spiro atoms. The Morgan fingerprint density at radius 2 is 1.63 bits per heavy atom. The summed E-state index contributed by atoms with van der Waals surface area (Å²) in [6, 6.07) is 22.0. The van der Waals surface area contributed by atoms with Crippen LogP contribution in [0.2, 0.25) is 0 Å². The molecular weight excluding hydrogens is 334 g/mol. The van der Waals surface area contributed by atoms with E-state index in [1.54, 1.807) is 12.1 Å². The molecule has 0 saturated carbocycles. The Hall–Kier alpha value is -3.51. The Morgan fingerprint density at radius 3 is 2.30 bits per heavy atom. The molecule has 3 nitrogen and oxygen atoms in total. The topological polar surface area (TPSA) is 52.3 Å². The van der Waals surface area contributed by atoms with E-state index in [-0.39, 0.29) is 0 Å². The Labute approximate surface area is 159 Å². The van der Waals surface area contributed by atoms with Gasteiger partial charge < -0.3 is 10.5 Å². The minimum absolute atomic E-state index is 0.477. The van der Waals surface area contributed by atoms with Crippen molar-refractivity contribution >= 4 is 5.91 Å². The summed E-state index contributed by atoms with van der Waals surface area (Å²) in [5.74, 6) is 5.13. The first-order valence-corrected chi connectivity index (χ1v) is 8.73. The molecule has 0 fully saturated rings. The van der Waals surface area contributed by atoms with Gasteiger partial charge in [-0.25, -0.2) is 0 Å². The minimum atomic E-state index is -0.640. The van der Waals surface area contributed by atoms with Gasteiger partial charge in [0.1, 0.15) is 12.4 Å². The van der Waals surface area contributed by atoms with Crippen LogP contribution in [0, 0.1) is 25.7 Å². The van der Waals surface area contributed by atoms with Crippen molar-refractivity contribution in [3.8, 4) is 28.7 Å². The zero-order valence-electron chi connectivity index (χ0n) is 15.5. The number of carbonyl (C=O) groups excluding carboxylic acids is 1. The molecule has 27 heavy (non-hydrogen) atoms. The molecule has 0 bridgehead atoms. The number of hydrogen-bond acceptors (Lipinski definition) is 2. The van der Waals surface area contributed by atoms with Gasteiger partial charge in [0, 0.05) is 5.56 Å². The van der Waals surface area contributed by atoms with Crippen LogP contribution in [0.15, 0.2) is 66.7 Å². The van der Waals surface area contributed by atoms with E-state index in [2.05, 4.69) is 68.2 Å². The molecule has 0 saturated heterocycles. The van der Waals surface area contributed by atoms with Crippen molar-refractivity contribution in [1.29, 1.82) is 0 Å². The quantitative estimate of drug-likeness (QED) is 0.706. The lowest BCUT2D eigenvalue weighted by molar-refractivity contribution is -0.112. The average molecular weight is 355 g/mol. The van der Waals surface area contributed by atoms with E-state index in [1.807, 2.05) is 12.1 Å². The van der Waals surface area contributed by atoms with E-state index in [0.717, 1.165) is 16.9 Å². The number of ether oxygens (including phenoxy) is 1. The van der Waals surface area contributed by atoms with Gasteiger partial charge in [-0.1, -0.05) is 42.3 Å². The van der Waals surface area contributed by atoms with Gasteiger partial charge in [0.25, 0.3) is 5.91 Å². The van der Waals surface area contributed by atoms with Crippen LogP contribution in [0.25, 0.3) is 11.1 Å². The molecule has 0 unspecified atom stereocenters. The molecule has 0 aromatic heterocycles. The summed E-state index contributed by atoms with van der Waals surface area (Å²) in [4.78, 5) is 10.7. The van der Waals surface area contributed by atoms with Crippen LogP contribution in [0.4, 0.5) is 0 Å². The van der Waals surface area contributed by atoms with E-state index < -0.39 is 5.91 Å². The first kappa shape index (κ1) is 18.3. The van der Waals surface area contributed by atoms with Gasteiger partial charge in [0.15, 0.2) is 0 Å². The van der Waals surface area contributed by atoms with Crippen LogP contribution in [0.3, 0.4) is 0 Å². The maximum absolute atomic E-state index is 10.7. The van der Waals surface area contributed by atoms with Gasteiger partial charge in [-0.3, -0.25) is 4.79 Å². The molecule has 0 heterocycles. The maximum atomic E-state index is 10.7. The molecule has 0 aliphatic carbocycles. The van der Waals surface area contributed by atoms with Crippen LogP contribution >= 0.6 is 0 Å². The van der Waals surface area contributed by atoms with Gasteiger partial charge >= 0.3 is 0 Å². The molecule has 3 aromatic carbocycles. The highest BCUT2D eigenvalue weighted by Crippen LogP contribution is 2.28. The van der Waals surface area contributed by atoms with Gasteiger partial charge in [0.05, 0.1) is 0 Å². The zero-order valence-corrected chi connectivity index (χ0v) is 15.5. The fourth-order valence-electron chi connectivity index (χ4n) is 3.02. The third kappa shape index (κ3) is 4.77. The molecule has 0 aliphatic heterocycles. The van der Waals surface area contributed by atoms with Crippen molar-refractivity contribution in [3.05, 3.63) is 89.0 Å². The minimum Gasteiger partial charge on any atom is -0.489 e. The van der Waals surface area contributed by atoms with Crippen molar-refractivity contribution in [2.24, 2.45) is 5.73 Å². The molecule has 3 rings (SSSR count). The summed E-state index contributed by atoms with van der Waals surface area (Å²) in [5.41, 5.74) is 11.8. The lowest BCUT2D eigenvalue weighted by Crippen LogP contribution is -2.06. The lowest BCUT2D eigenvalue weighted by Gasteiger charge is -2.12. The highest BCUT2D eigenvalue weighted by molar-refractivity contribution is 5.92. The van der Waals surface area contributed by atoms with Crippen molar-refractivity contribution in [3.63, 3.8) is 0 Å². The number of carbonyl (C=O) groups is 1. The largest absolute Gasteiger partial charge is 0.489 e. The van der Waals surface area contributed by atoms with E-state index in [0.29, 0.717) is 6.61 Å². The summed E-state index contributed by atoms with van der Waals surface area (Å²) in [5, 5.41) is 0. The molecule has 2 N–H and O–H groups in total. The number of hydrogen-bond donors (Lipinski definition) is 1. The second-order valence-electron chi connectivity index (χ2n) is 6.39. The summed E-state index contributed by atoms with van der Waals surface area (Å²) >= 11 is 0. The van der Waals surface area contributed by atoms with Gasteiger partial charge in [0.2, 0.25) is 0 Å². The first-order valence-electron chi connectivity index (χ1n) is 8.73. The Bertz CT molecular complexity index is 1000. The van der Waals surface area contributed by atoms with Gasteiger partial charge in [-0.05, 0) is 77.9 Å². The smallest absolute Gasteiger partial charge is 0.293 e. The number of rotatable bonds is 4. The molecular formula is C24H21NO2. The number of primary amides is 1. The van der Waals surface area contributed by atoms with Crippen LogP contribution in [0.5, 0.6) is 5.75 Å². The van der Waals surface area contributed by atoms with Crippen LogP contribution in [0.1, 0.15) is 22.3 Å². The summed E-state index contributed by atoms with van der Waals surface area (Å²) in [7, 11) is 0. The number of amides is 1. The highest BCUT2D eigenvalue weighted by atomic mass is 16.5. The van der Waals surface area contributed by atoms with Crippen molar-refractivity contribution in [2.45, 2.75) is 20.5 Å². The first-order chi connectivity index (χ1) is 13.0. The van der Waals surface area contributed by atoms with E-state index in [4.69, 9.17) is 10.5 Å². The van der Waals surface area contributed by atoms with Crippen LogP contribution in [-0.2, 0) is 11.4 Å². The third-order valence-corrected chi connectivity index (χ3v) is 4.29. The molecule has 3 heteroatoms. The second-order valence-corrected chi connectivity index (χ2v) is 6.39. The fraction of sp³-hybridized carbons (Fsp3) is 0.125. The van der Waals surface area contributed by atoms with Crippen LogP contribution < -0.4 is 10.5 Å². The predicted octanol–water partition coefficient (Wildman–Crippen LogP) is 4.39. The Kier molecular flexibility index (Phi) is 5.58. The third-order valence-electron chi connectivity index (χ3n) is 4.29. The van der Waals surface area contributed by atoms with Crippen molar-refractivity contribution in [2.75, 3.05) is 0 Å². The molecule has 3 aromatic rings. The SMILES string of the molecule is Cc1cccc(C)c1-c1cccc(COc2ccc(C#CC(N)=O)cc2)c1. The Morgan fingerprint density at radius 1 is 0.963 bits per heavy atom. The lowest BCUT2D eigenvalue weighted by atomic mass is 9.95. The van der Waals surface area contributed by atoms with Crippen molar-refractivity contribution in [1.82, 2.24) is 0 Å². The monoisotopic (exact) mass is 355 g/mol.